The minimum absolute atomic E-state index is 0.367. The van der Waals surface area contributed by atoms with E-state index in [1.165, 1.54) is 6.08 Å². The SMILES string of the molecule is CCOC(=O)C=Cc1ccc(-c2ccc(Br)cc2)o1. The van der Waals surface area contributed by atoms with Crippen molar-refractivity contribution in [3.05, 3.63) is 52.7 Å². The van der Waals surface area contributed by atoms with E-state index in [2.05, 4.69) is 15.9 Å². The number of carbonyl (C=O) groups excluding carboxylic acids is 1. The molecule has 0 aliphatic carbocycles. The fraction of sp³-hybridized carbons (Fsp3) is 0.133. The number of hydrogen-bond acceptors (Lipinski definition) is 3. The molecule has 4 heteroatoms. The van der Waals surface area contributed by atoms with E-state index in [1.807, 2.05) is 36.4 Å². The molecule has 0 N–H and O–H groups in total. The van der Waals surface area contributed by atoms with Gasteiger partial charge in [0.05, 0.1) is 6.61 Å². The summed E-state index contributed by atoms with van der Waals surface area (Å²) in [5.41, 5.74) is 0.985. The molecule has 0 amide bonds. The van der Waals surface area contributed by atoms with Crippen LogP contribution in [-0.4, -0.2) is 12.6 Å². The standard InChI is InChI=1S/C15H13BrO3/c1-2-18-15(17)10-8-13-7-9-14(19-13)11-3-5-12(16)6-4-11/h3-10H,2H2,1H3. The summed E-state index contributed by atoms with van der Waals surface area (Å²) in [7, 11) is 0. The molecule has 3 nitrogen and oxygen atoms in total. The van der Waals surface area contributed by atoms with Gasteiger partial charge in [0.25, 0.3) is 0 Å². The summed E-state index contributed by atoms with van der Waals surface area (Å²) in [6, 6.07) is 11.5. The summed E-state index contributed by atoms with van der Waals surface area (Å²) >= 11 is 3.39. The lowest BCUT2D eigenvalue weighted by Crippen LogP contribution is -1.98. The number of ether oxygens (including phenoxy) is 1. The predicted octanol–water partition coefficient (Wildman–Crippen LogP) is 4.29. The maximum Gasteiger partial charge on any atom is 0.330 e. The van der Waals surface area contributed by atoms with Gasteiger partial charge in [0.1, 0.15) is 11.5 Å². The van der Waals surface area contributed by atoms with Gasteiger partial charge in [0, 0.05) is 16.1 Å². The van der Waals surface area contributed by atoms with Gasteiger partial charge in [0.15, 0.2) is 0 Å². The van der Waals surface area contributed by atoms with E-state index >= 15 is 0 Å². The van der Waals surface area contributed by atoms with E-state index in [0.717, 1.165) is 15.8 Å². The minimum Gasteiger partial charge on any atom is -0.463 e. The van der Waals surface area contributed by atoms with Crippen molar-refractivity contribution in [2.45, 2.75) is 6.92 Å². The summed E-state index contributed by atoms with van der Waals surface area (Å²) in [4.78, 5) is 11.2. The van der Waals surface area contributed by atoms with E-state index in [9.17, 15) is 4.79 Å². The van der Waals surface area contributed by atoms with Gasteiger partial charge in [-0.3, -0.25) is 0 Å². The highest BCUT2D eigenvalue weighted by Gasteiger charge is 2.03. The Morgan fingerprint density at radius 2 is 2.00 bits per heavy atom. The zero-order chi connectivity index (χ0) is 13.7. The largest absolute Gasteiger partial charge is 0.463 e. The van der Waals surface area contributed by atoms with E-state index in [1.54, 1.807) is 13.0 Å². The van der Waals surface area contributed by atoms with Gasteiger partial charge < -0.3 is 9.15 Å². The molecule has 0 radical (unpaired) electrons. The van der Waals surface area contributed by atoms with Crippen LogP contribution in [0.5, 0.6) is 0 Å². The Bertz CT molecular complexity index is 582. The molecule has 2 rings (SSSR count). The lowest BCUT2D eigenvalue weighted by molar-refractivity contribution is -0.137. The van der Waals surface area contributed by atoms with Crippen molar-refractivity contribution < 1.29 is 13.9 Å². The molecule has 0 spiro atoms. The van der Waals surface area contributed by atoms with E-state index < -0.39 is 0 Å². The van der Waals surface area contributed by atoms with Crippen LogP contribution in [0.3, 0.4) is 0 Å². The maximum atomic E-state index is 11.2. The van der Waals surface area contributed by atoms with Gasteiger partial charge in [-0.2, -0.15) is 0 Å². The molecule has 0 saturated heterocycles. The number of carbonyl (C=O) groups is 1. The number of rotatable bonds is 4. The van der Waals surface area contributed by atoms with Crippen LogP contribution < -0.4 is 0 Å². The molecular formula is C15H13BrO3. The van der Waals surface area contributed by atoms with Crippen LogP contribution in [0.1, 0.15) is 12.7 Å². The summed E-state index contributed by atoms with van der Waals surface area (Å²) in [5, 5.41) is 0. The quantitative estimate of drug-likeness (QED) is 0.623. The Hall–Kier alpha value is -1.81. The topological polar surface area (TPSA) is 39.4 Å². The highest BCUT2D eigenvalue weighted by atomic mass is 79.9. The van der Waals surface area contributed by atoms with Crippen molar-refractivity contribution in [2.75, 3.05) is 6.61 Å². The second-order valence-corrected chi connectivity index (χ2v) is 4.71. The maximum absolute atomic E-state index is 11.2. The van der Waals surface area contributed by atoms with Crippen LogP contribution in [0.4, 0.5) is 0 Å². The molecule has 0 fully saturated rings. The first-order chi connectivity index (χ1) is 9.19. The Morgan fingerprint density at radius 1 is 1.26 bits per heavy atom. The molecule has 1 aromatic carbocycles. The summed E-state index contributed by atoms with van der Waals surface area (Å²) in [6.07, 6.45) is 2.95. The van der Waals surface area contributed by atoms with Crippen molar-refractivity contribution in [1.82, 2.24) is 0 Å². The molecule has 2 aromatic rings. The minimum atomic E-state index is -0.371. The first-order valence-corrected chi connectivity index (χ1v) is 6.69. The molecule has 98 valence electrons. The normalized spacial score (nSPS) is 10.8. The van der Waals surface area contributed by atoms with Crippen molar-refractivity contribution in [3.8, 4) is 11.3 Å². The molecule has 0 atom stereocenters. The molecule has 19 heavy (non-hydrogen) atoms. The predicted molar refractivity (Wildman–Crippen MR) is 77.5 cm³/mol. The van der Waals surface area contributed by atoms with Crippen LogP contribution in [-0.2, 0) is 9.53 Å². The lowest BCUT2D eigenvalue weighted by atomic mass is 10.2. The average Bonchev–Trinajstić information content (AvgIpc) is 2.86. The molecule has 0 aliphatic rings. The van der Waals surface area contributed by atoms with Crippen LogP contribution in [0.25, 0.3) is 17.4 Å². The third kappa shape index (κ3) is 3.83. The highest BCUT2D eigenvalue weighted by molar-refractivity contribution is 9.10. The monoisotopic (exact) mass is 320 g/mol. The lowest BCUT2D eigenvalue weighted by Gasteiger charge is -1.96. The molecule has 0 saturated carbocycles. The number of hydrogen-bond donors (Lipinski definition) is 0. The van der Waals surface area contributed by atoms with Gasteiger partial charge in [-0.1, -0.05) is 28.1 Å². The fourth-order valence-electron chi connectivity index (χ4n) is 1.55. The Kier molecular flexibility index (Phi) is 4.58. The van der Waals surface area contributed by atoms with Crippen LogP contribution in [0.15, 0.2) is 51.4 Å². The average molecular weight is 321 g/mol. The van der Waals surface area contributed by atoms with Gasteiger partial charge in [-0.05, 0) is 37.3 Å². The Balaban J connectivity index is 2.11. The zero-order valence-electron chi connectivity index (χ0n) is 10.4. The second-order valence-electron chi connectivity index (χ2n) is 3.79. The summed E-state index contributed by atoms with van der Waals surface area (Å²) in [6.45, 7) is 2.13. The molecule has 0 unspecified atom stereocenters. The van der Waals surface area contributed by atoms with E-state index in [0.29, 0.717) is 12.4 Å². The van der Waals surface area contributed by atoms with Gasteiger partial charge in [-0.25, -0.2) is 4.79 Å². The molecular weight excluding hydrogens is 308 g/mol. The second kappa shape index (κ2) is 6.38. The Morgan fingerprint density at radius 3 is 2.68 bits per heavy atom. The Labute approximate surface area is 120 Å². The van der Waals surface area contributed by atoms with Crippen LogP contribution in [0, 0.1) is 0 Å². The van der Waals surface area contributed by atoms with Crippen molar-refractivity contribution >= 4 is 28.0 Å². The molecule has 0 bridgehead atoms. The van der Waals surface area contributed by atoms with E-state index in [-0.39, 0.29) is 5.97 Å². The first-order valence-electron chi connectivity index (χ1n) is 5.89. The van der Waals surface area contributed by atoms with Crippen LogP contribution >= 0.6 is 15.9 Å². The summed E-state index contributed by atoms with van der Waals surface area (Å²) < 4.78 is 11.4. The third-order valence-electron chi connectivity index (χ3n) is 2.43. The van der Waals surface area contributed by atoms with E-state index in [4.69, 9.17) is 9.15 Å². The first kappa shape index (κ1) is 13.6. The fourth-order valence-corrected chi connectivity index (χ4v) is 1.82. The number of halogens is 1. The smallest absolute Gasteiger partial charge is 0.330 e. The third-order valence-corrected chi connectivity index (χ3v) is 2.95. The van der Waals surface area contributed by atoms with Gasteiger partial charge in [0.2, 0.25) is 0 Å². The van der Waals surface area contributed by atoms with Gasteiger partial charge in [-0.15, -0.1) is 0 Å². The van der Waals surface area contributed by atoms with Crippen LogP contribution in [0.2, 0.25) is 0 Å². The molecule has 0 aliphatic heterocycles. The highest BCUT2D eigenvalue weighted by Crippen LogP contribution is 2.24. The zero-order valence-corrected chi connectivity index (χ0v) is 12.0. The number of benzene rings is 1. The van der Waals surface area contributed by atoms with Gasteiger partial charge >= 0.3 is 5.97 Å². The molecule has 1 heterocycles. The molecule has 1 aromatic heterocycles. The van der Waals surface area contributed by atoms with Crippen molar-refractivity contribution in [1.29, 1.82) is 0 Å². The van der Waals surface area contributed by atoms with Crippen molar-refractivity contribution in [3.63, 3.8) is 0 Å². The number of esters is 1. The summed E-state index contributed by atoms with van der Waals surface area (Å²) in [5.74, 6) is 1.01. The van der Waals surface area contributed by atoms with Crippen molar-refractivity contribution in [2.24, 2.45) is 0 Å². The number of furan rings is 1.